The van der Waals surface area contributed by atoms with Crippen LogP contribution in [-0.2, 0) is 23.3 Å². The Labute approximate surface area is 237 Å². The van der Waals surface area contributed by atoms with Gasteiger partial charge in [0, 0.05) is 33.9 Å². The summed E-state index contributed by atoms with van der Waals surface area (Å²) in [6.07, 6.45) is -8.96. The number of hydrogen-bond donors (Lipinski definition) is 1. The third-order valence-corrected chi connectivity index (χ3v) is 10.1. The number of sulfonamides is 1. The van der Waals surface area contributed by atoms with Crippen molar-refractivity contribution in [3.05, 3.63) is 0 Å². The maximum atomic E-state index is 14.1. The van der Waals surface area contributed by atoms with Crippen molar-refractivity contribution in [3.63, 3.8) is 0 Å². The van der Waals surface area contributed by atoms with Crippen molar-refractivity contribution in [2.45, 2.75) is 71.3 Å². The summed E-state index contributed by atoms with van der Waals surface area (Å²) in [5, 5.41) is -7.83. The Morgan fingerprint density at radius 3 is 1.02 bits per heavy atom. The van der Waals surface area contributed by atoms with Gasteiger partial charge in [0.2, 0.25) is 0 Å². The van der Waals surface area contributed by atoms with Crippen LogP contribution in [0.15, 0.2) is 0 Å². The molecule has 6 nitrogen and oxygen atoms in total. The Balaban J connectivity index is 6.81. The highest BCUT2D eigenvalue weighted by Crippen LogP contribution is 2.66. The topological polar surface area (TPSA) is 73.9 Å². The fourth-order valence-corrected chi connectivity index (χ4v) is 5.65. The van der Waals surface area contributed by atoms with Gasteiger partial charge in [0.15, 0.2) is 0 Å². The Hall–Kier alpha value is -1.46. The van der Waals surface area contributed by atoms with Gasteiger partial charge in [0.25, 0.3) is 10.0 Å². The summed E-state index contributed by atoms with van der Waals surface area (Å²) in [7, 11) is -8.51. The fourth-order valence-electron chi connectivity index (χ4n) is 2.87. The maximum Gasteiger partial charge on any atom is 0.500 e. The van der Waals surface area contributed by atoms with E-state index < -0.39 is 96.6 Å². The highest BCUT2D eigenvalue weighted by molar-refractivity contribution is 7.90. The summed E-state index contributed by atoms with van der Waals surface area (Å²) < 4.78 is 320. The van der Waals surface area contributed by atoms with Crippen LogP contribution in [0.3, 0.4) is 0 Å². The van der Waals surface area contributed by atoms with Gasteiger partial charge in [-0.1, -0.05) is 0 Å². The largest absolute Gasteiger partial charge is 0.500 e. The van der Waals surface area contributed by atoms with Crippen molar-refractivity contribution in [2.75, 3.05) is 27.9 Å². The molecule has 0 amide bonds. The van der Waals surface area contributed by atoms with Gasteiger partial charge in [-0.15, -0.1) is 0 Å². The summed E-state index contributed by atoms with van der Waals surface area (Å²) in [5.41, 5.74) is 0. The lowest BCUT2D eigenvalue weighted by Gasteiger charge is -2.44. The van der Waals surface area contributed by atoms with Crippen molar-refractivity contribution in [2.24, 2.45) is 0 Å². The molecule has 0 unspecified atom stereocenters. The van der Waals surface area contributed by atoms with E-state index in [1.54, 1.807) is 0 Å². The highest BCUT2D eigenvalue weighted by atomic mass is 32.2. The summed E-state index contributed by atoms with van der Waals surface area (Å²) in [6.45, 7) is -1.57. The van der Waals surface area contributed by atoms with Crippen LogP contribution < -0.4 is 4.72 Å². The number of alkyl halides is 21. The average Bonchev–Trinajstić information content (AvgIpc) is 2.87. The van der Waals surface area contributed by atoms with Crippen LogP contribution >= 0.6 is 0 Å². The molecule has 0 aliphatic carbocycles. The molecule has 0 saturated heterocycles. The Morgan fingerprint density at radius 2 is 0.756 bits per heavy atom. The minimum absolute atomic E-state index is 0.393. The van der Waals surface area contributed by atoms with Crippen molar-refractivity contribution in [1.29, 1.82) is 0 Å². The van der Waals surface area contributed by atoms with E-state index in [9.17, 15) is 101 Å². The lowest BCUT2D eigenvalue weighted by molar-refractivity contribution is -0.472. The zero-order valence-electron chi connectivity index (χ0n) is 21.5. The zero-order valence-corrected chi connectivity index (χ0v) is 23.3. The van der Waals surface area contributed by atoms with E-state index in [-0.39, 0.29) is 0 Å². The molecule has 0 aromatic heterocycles. The number of hydrogen-bond acceptors (Lipinski definition) is 5. The molecule has 0 atom stereocenters. The molecule has 0 bridgehead atoms. The van der Waals surface area contributed by atoms with Gasteiger partial charge < -0.3 is 13.3 Å². The normalized spacial score (nSPS) is 16.4. The van der Waals surface area contributed by atoms with E-state index in [4.69, 9.17) is 13.3 Å². The molecule has 0 aromatic carbocycles. The number of rotatable bonds is 17. The smallest absolute Gasteiger partial charge is 0.377 e. The molecule has 29 heteroatoms. The molecule has 0 heterocycles. The SMILES string of the molecule is CO[Si](CCCNS(=O)(=O)C(F)(F)C(F)(F)C(F)(F)C(F)(F)C(F)(F)C(F)(F)C(F)(F)C(F)(F)C(F)(F)C(F)(F)F)(OC)OC. The van der Waals surface area contributed by atoms with Gasteiger partial charge in [-0.25, -0.2) is 13.1 Å². The van der Waals surface area contributed by atoms with Crippen LogP contribution in [0.2, 0.25) is 6.04 Å². The standard InChI is InChI=1S/C16H16F21NO5SSi/c1-41-45(42-2,43-3)6-4-5-38-44(39,40)16(36,37)14(31,32)12(27,28)10(23,24)8(19,20)7(17,18)9(21,22)11(25,26)13(29,30)15(33,34)35/h38H,4-6H2,1-3H3. The van der Waals surface area contributed by atoms with Gasteiger partial charge in [0.05, 0.1) is 0 Å². The third-order valence-electron chi connectivity index (χ3n) is 5.70. The monoisotopic (exact) mass is 761 g/mol. The molecule has 1 N–H and O–H groups in total. The number of halogens is 21. The van der Waals surface area contributed by atoms with E-state index in [1.165, 1.54) is 0 Å². The van der Waals surface area contributed by atoms with Crippen LogP contribution in [0.25, 0.3) is 0 Å². The predicted octanol–water partition coefficient (Wildman–Crippen LogP) is 6.41. The van der Waals surface area contributed by atoms with Crippen LogP contribution in [0.5, 0.6) is 0 Å². The molecular formula is C16H16F21NO5SSi. The second kappa shape index (κ2) is 12.2. The van der Waals surface area contributed by atoms with Crippen molar-refractivity contribution < 1.29 is 114 Å². The average molecular weight is 761 g/mol. The van der Waals surface area contributed by atoms with Gasteiger partial charge in [-0.3, -0.25) is 0 Å². The molecule has 0 aliphatic heterocycles. The summed E-state index contributed by atoms with van der Waals surface area (Å²) in [5.74, 6) is -72.4. The minimum Gasteiger partial charge on any atom is -0.377 e. The minimum atomic E-state index is -9.37. The first-order valence-corrected chi connectivity index (χ1v) is 13.9. The first kappa shape index (κ1) is 43.5. The third kappa shape index (κ3) is 6.16. The Kier molecular flexibility index (Phi) is 11.8. The van der Waals surface area contributed by atoms with Crippen molar-refractivity contribution in [3.8, 4) is 0 Å². The second-order valence-corrected chi connectivity index (χ2v) is 13.3. The molecule has 0 aliphatic rings. The second-order valence-electron chi connectivity index (χ2n) is 8.41. The summed E-state index contributed by atoms with van der Waals surface area (Å²) in [6, 6.07) is -0.608. The number of nitrogens with one attached hydrogen (secondary N) is 1. The molecule has 0 saturated carbocycles. The molecular weight excluding hydrogens is 745 g/mol. The van der Waals surface area contributed by atoms with Gasteiger partial charge in [-0.2, -0.15) is 92.2 Å². The zero-order chi connectivity index (χ0) is 36.9. The van der Waals surface area contributed by atoms with Gasteiger partial charge in [0.1, 0.15) is 0 Å². The molecule has 0 radical (unpaired) electrons. The summed E-state index contributed by atoms with van der Waals surface area (Å²) in [4.78, 5) is 0. The van der Waals surface area contributed by atoms with Crippen LogP contribution in [0.4, 0.5) is 92.2 Å². The van der Waals surface area contributed by atoms with E-state index in [0.29, 0.717) is 4.72 Å². The van der Waals surface area contributed by atoms with Crippen LogP contribution in [0.1, 0.15) is 6.42 Å². The summed E-state index contributed by atoms with van der Waals surface area (Å²) >= 11 is 0. The highest BCUT2D eigenvalue weighted by Gasteiger charge is 2.98. The van der Waals surface area contributed by atoms with Crippen molar-refractivity contribution >= 4 is 18.8 Å². The first-order chi connectivity index (χ1) is 19.4. The maximum absolute atomic E-state index is 14.1. The van der Waals surface area contributed by atoms with E-state index >= 15 is 0 Å². The lowest BCUT2D eigenvalue weighted by atomic mass is 9.87. The molecule has 0 aromatic rings. The quantitative estimate of drug-likeness (QED) is 0.106. The van der Waals surface area contributed by atoms with Crippen molar-refractivity contribution in [1.82, 2.24) is 4.72 Å². The fraction of sp³-hybridized carbons (Fsp3) is 1.00. The van der Waals surface area contributed by atoms with E-state index in [0.717, 1.165) is 21.3 Å². The predicted molar refractivity (Wildman–Crippen MR) is 104 cm³/mol. The van der Waals surface area contributed by atoms with Crippen LogP contribution in [0, 0.1) is 0 Å². The molecule has 0 fully saturated rings. The molecule has 0 rings (SSSR count). The van der Waals surface area contributed by atoms with Gasteiger partial charge in [-0.05, 0) is 6.42 Å². The molecule has 0 spiro atoms. The Bertz CT molecular complexity index is 1130. The van der Waals surface area contributed by atoms with E-state index in [1.807, 2.05) is 0 Å². The van der Waals surface area contributed by atoms with Gasteiger partial charge >= 0.3 is 67.6 Å². The lowest BCUT2D eigenvalue weighted by Crippen LogP contribution is -2.77. The first-order valence-electron chi connectivity index (χ1n) is 10.5. The van der Waals surface area contributed by atoms with E-state index in [2.05, 4.69) is 0 Å². The molecule has 45 heavy (non-hydrogen) atoms. The van der Waals surface area contributed by atoms with Crippen LogP contribution in [-0.4, -0.2) is 104 Å². The Morgan fingerprint density at radius 1 is 0.489 bits per heavy atom. The molecule has 272 valence electrons.